The van der Waals surface area contributed by atoms with Gasteiger partial charge in [0.25, 0.3) is 0 Å². The summed E-state index contributed by atoms with van der Waals surface area (Å²) in [7, 11) is 0. The molecule has 0 unspecified atom stereocenters. The highest BCUT2D eigenvalue weighted by atomic mass is 79.9. The molecular formula is C15H18BrNO. The highest BCUT2D eigenvalue weighted by Gasteiger charge is 2.07. The first-order valence-electron chi connectivity index (χ1n) is 6.26. The van der Waals surface area contributed by atoms with E-state index in [0.29, 0.717) is 0 Å². The van der Waals surface area contributed by atoms with Crippen LogP contribution in [0.3, 0.4) is 0 Å². The zero-order chi connectivity index (χ0) is 13.0. The zero-order valence-electron chi connectivity index (χ0n) is 10.8. The SMILES string of the molecule is CCCNCc1ccc(-c2cc(Br)ccc2C)o1. The summed E-state index contributed by atoms with van der Waals surface area (Å²) in [6.45, 7) is 6.07. The van der Waals surface area contributed by atoms with E-state index < -0.39 is 0 Å². The monoisotopic (exact) mass is 307 g/mol. The van der Waals surface area contributed by atoms with E-state index in [1.165, 1.54) is 5.56 Å². The lowest BCUT2D eigenvalue weighted by Gasteiger charge is -2.03. The Morgan fingerprint density at radius 3 is 2.83 bits per heavy atom. The van der Waals surface area contributed by atoms with Gasteiger partial charge in [-0.05, 0) is 49.7 Å². The number of halogens is 1. The van der Waals surface area contributed by atoms with Gasteiger partial charge in [0.05, 0.1) is 6.54 Å². The third-order valence-electron chi connectivity index (χ3n) is 2.85. The molecule has 18 heavy (non-hydrogen) atoms. The molecule has 0 atom stereocenters. The van der Waals surface area contributed by atoms with Crippen LogP contribution in [0.15, 0.2) is 39.2 Å². The molecule has 1 heterocycles. The molecule has 0 radical (unpaired) electrons. The number of hydrogen-bond acceptors (Lipinski definition) is 2. The third kappa shape index (κ3) is 3.24. The molecule has 2 nitrogen and oxygen atoms in total. The van der Waals surface area contributed by atoms with Gasteiger partial charge >= 0.3 is 0 Å². The molecule has 2 aromatic rings. The molecule has 1 N–H and O–H groups in total. The molecule has 3 heteroatoms. The van der Waals surface area contributed by atoms with Gasteiger partial charge in [0.2, 0.25) is 0 Å². The Labute approximate surface area is 117 Å². The van der Waals surface area contributed by atoms with E-state index in [0.717, 1.165) is 41.1 Å². The number of nitrogens with one attached hydrogen (secondary N) is 1. The second kappa shape index (κ2) is 6.21. The van der Waals surface area contributed by atoms with Gasteiger partial charge in [0, 0.05) is 10.0 Å². The van der Waals surface area contributed by atoms with Gasteiger partial charge in [0.15, 0.2) is 0 Å². The van der Waals surface area contributed by atoms with Crippen LogP contribution >= 0.6 is 15.9 Å². The van der Waals surface area contributed by atoms with Crippen molar-refractivity contribution < 1.29 is 4.42 Å². The van der Waals surface area contributed by atoms with E-state index in [1.54, 1.807) is 0 Å². The van der Waals surface area contributed by atoms with Crippen LogP contribution in [0.2, 0.25) is 0 Å². The van der Waals surface area contributed by atoms with Crippen molar-refractivity contribution in [2.45, 2.75) is 26.8 Å². The van der Waals surface area contributed by atoms with Gasteiger partial charge in [-0.15, -0.1) is 0 Å². The number of rotatable bonds is 5. The van der Waals surface area contributed by atoms with Crippen LogP contribution in [-0.2, 0) is 6.54 Å². The van der Waals surface area contributed by atoms with Crippen LogP contribution in [0.1, 0.15) is 24.7 Å². The van der Waals surface area contributed by atoms with E-state index in [1.807, 2.05) is 18.2 Å². The smallest absolute Gasteiger partial charge is 0.134 e. The second-order valence-corrected chi connectivity index (χ2v) is 5.32. The minimum atomic E-state index is 0.793. The summed E-state index contributed by atoms with van der Waals surface area (Å²) in [5.74, 6) is 1.92. The first-order chi connectivity index (χ1) is 8.70. The Kier molecular flexibility index (Phi) is 4.61. The molecule has 96 valence electrons. The molecule has 0 amide bonds. The quantitative estimate of drug-likeness (QED) is 0.822. The minimum absolute atomic E-state index is 0.793. The van der Waals surface area contributed by atoms with E-state index in [2.05, 4.69) is 47.2 Å². The number of furan rings is 1. The highest BCUT2D eigenvalue weighted by molar-refractivity contribution is 9.10. The molecule has 0 spiro atoms. The maximum absolute atomic E-state index is 5.87. The van der Waals surface area contributed by atoms with Crippen LogP contribution in [0.25, 0.3) is 11.3 Å². The first-order valence-corrected chi connectivity index (χ1v) is 7.06. The molecule has 0 aliphatic carbocycles. The van der Waals surface area contributed by atoms with Crippen LogP contribution < -0.4 is 5.32 Å². The number of benzene rings is 1. The van der Waals surface area contributed by atoms with E-state index in [-0.39, 0.29) is 0 Å². The molecule has 1 aromatic heterocycles. The number of hydrogen-bond donors (Lipinski definition) is 1. The van der Waals surface area contributed by atoms with Crippen molar-refractivity contribution in [3.8, 4) is 11.3 Å². The van der Waals surface area contributed by atoms with Gasteiger partial charge in [-0.25, -0.2) is 0 Å². The van der Waals surface area contributed by atoms with Gasteiger partial charge < -0.3 is 9.73 Å². The summed E-state index contributed by atoms with van der Waals surface area (Å²) in [5, 5.41) is 3.34. The largest absolute Gasteiger partial charge is 0.460 e. The Morgan fingerprint density at radius 2 is 2.06 bits per heavy atom. The number of aryl methyl sites for hydroxylation is 1. The van der Waals surface area contributed by atoms with E-state index >= 15 is 0 Å². The summed E-state index contributed by atoms with van der Waals surface area (Å²) in [5.41, 5.74) is 2.37. The molecule has 2 rings (SSSR count). The minimum Gasteiger partial charge on any atom is -0.460 e. The first kappa shape index (κ1) is 13.4. The lowest BCUT2D eigenvalue weighted by molar-refractivity contribution is 0.493. The fraction of sp³-hybridized carbons (Fsp3) is 0.333. The molecule has 0 bridgehead atoms. The fourth-order valence-electron chi connectivity index (χ4n) is 1.87. The maximum Gasteiger partial charge on any atom is 0.134 e. The summed E-state index contributed by atoms with van der Waals surface area (Å²) in [4.78, 5) is 0. The van der Waals surface area contributed by atoms with Crippen molar-refractivity contribution in [2.24, 2.45) is 0 Å². The predicted molar refractivity (Wildman–Crippen MR) is 78.6 cm³/mol. The van der Waals surface area contributed by atoms with E-state index in [9.17, 15) is 0 Å². The Morgan fingerprint density at radius 1 is 1.22 bits per heavy atom. The summed E-state index contributed by atoms with van der Waals surface area (Å²) in [6.07, 6.45) is 1.14. The van der Waals surface area contributed by atoms with Crippen LogP contribution in [0.5, 0.6) is 0 Å². The van der Waals surface area contributed by atoms with Gasteiger partial charge in [-0.1, -0.05) is 28.9 Å². The molecule has 0 aliphatic heterocycles. The van der Waals surface area contributed by atoms with Crippen molar-refractivity contribution >= 4 is 15.9 Å². The molecule has 0 fully saturated rings. The Bertz CT molecular complexity index is 519. The second-order valence-electron chi connectivity index (χ2n) is 4.40. The van der Waals surface area contributed by atoms with Crippen molar-refractivity contribution in [1.29, 1.82) is 0 Å². The van der Waals surface area contributed by atoms with Gasteiger partial charge in [0.1, 0.15) is 11.5 Å². The average molecular weight is 308 g/mol. The predicted octanol–water partition coefficient (Wildman–Crippen LogP) is 4.52. The Balaban J connectivity index is 2.16. The van der Waals surface area contributed by atoms with Crippen molar-refractivity contribution in [3.63, 3.8) is 0 Å². The molecule has 0 saturated carbocycles. The lowest BCUT2D eigenvalue weighted by atomic mass is 10.1. The van der Waals surface area contributed by atoms with Crippen LogP contribution in [0, 0.1) is 6.92 Å². The topological polar surface area (TPSA) is 25.2 Å². The lowest BCUT2D eigenvalue weighted by Crippen LogP contribution is -2.12. The third-order valence-corrected chi connectivity index (χ3v) is 3.35. The summed E-state index contributed by atoms with van der Waals surface area (Å²) < 4.78 is 6.94. The maximum atomic E-state index is 5.87. The van der Waals surface area contributed by atoms with Crippen LogP contribution in [-0.4, -0.2) is 6.54 Å². The fourth-order valence-corrected chi connectivity index (χ4v) is 2.23. The normalized spacial score (nSPS) is 10.8. The summed E-state index contributed by atoms with van der Waals surface area (Å²) in [6, 6.07) is 10.3. The van der Waals surface area contributed by atoms with Crippen molar-refractivity contribution in [1.82, 2.24) is 5.32 Å². The summed E-state index contributed by atoms with van der Waals surface area (Å²) >= 11 is 3.50. The molecule has 0 saturated heterocycles. The molecular weight excluding hydrogens is 290 g/mol. The van der Waals surface area contributed by atoms with Crippen molar-refractivity contribution in [3.05, 3.63) is 46.1 Å². The standard InChI is InChI=1S/C15H18BrNO/c1-3-8-17-10-13-6-7-15(18-13)14-9-12(16)5-4-11(14)2/h4-7,9,17H,3,8,10H2,1-2H3. The molecule has 0 aliphatic rings. The zero-order valence-corrected chi connectivity index (χ0v) is 12.4. The highest BCUT2D eigenvalue weighted by Crippen LogP contribution is 2.28. The van der Waals surface area contributed by atoms with Crippen molar-refractivity contribution in [2.75, 3.05) is 6.54 Å². The Hall–Kier alpha value is -1.06. The van der Waals surface area contributed by atoms with Gasteiger partial charge in [-0.3, -0.25) is 0 Å². The average Bonchev–Trinajstić information content (AvgIpc) is 2.81. The van der Waals surface area contributed by atoms with Crippen LogP contribution in [0.4, 0.5) is 0 Å². The van der Waals surface area contributed by atoms with Gasteiger partial charge in [-0.2, -0.15) is 0 Å². The van der Waals surface area contributed by atoms with E-state index in [4.69, 9.17) is 4.42 Å². The molecule has 1 aromatic carbocycles.